The third-order valence-corrected chi connectivity index (χ3v) is 2.85. The van der Waals surface area contributed by atoms with Crippen LogP contribution in [0.4, 0.5) is 0 Å². The summed E-state index contributed by atoms with van der Waals surface area (Å²) in [4.78, 5) is 27.5. The maximum Gasteiger partial charge on any atom is 0.327 e. The maximum atomic E-state index is 11.6. The largest absolute Gasteiger partial charge is 0.466 e. The minimum Gasteiger partial charge on any atom is -0.466 e. The topological polar surface area (TPSA) is 64.6 Å². The number of ether oxygens (including phenoxy) is 1. The van der Waals surface area contributed by atoms with Crippen molar-refractivity contribution < 1.29 is 19.2 Å². The molecule has 1 N–H and O–H groups in total. The molecule has 0 unspecified atom stereocenters. The number of carbonyl (C=O) groups is 2. The van der Waals surface area contributed by atoms with E-state index in [-0.39, 0.29) is 24.3 Å². The molecule has 1 rings (SSSR count). The average molecular weight is 243 g/mol. The molecule has 98 valence electrons. The van der Waals surface area contributed by atoms with Crippen molar-refractivity contribution in [1.82, 2.24) is 5.48 Å². The van der Waals surface area contributed by atoms with Crippen LogP contribution in [0.5, 0.6) is 0 Å². The molecule has 5 heteroatoms. The Morgan fingerprint density at radius 1 is 1.24 bits per heavy atom. The van der Waals surface area contributed by atoms with Gasteiger partial charge in [0.15, 0.2) is 0 Å². The molecule has 0 aromatic heterocycles. The minimum atomic E-state index is -0.284. The van der Waals surface area contributed by atoms with Crippen LogP contribution in [0.1, 0.15) is 45.4 Å². The Balaban J connectivity index is 2.05. The van der Waals surface area contributed by atoms with Crippen LogP contribution in [-0.4, -0.2) is 25.1 Å². The Hall–Kier alpha value is -1.10. The fraction of sp³-hybridized carbons (Fsp3) is 0.833. The van der Waals surface area contributed by atoms with Crippen molar-refractivity contribution in [3.63, 3.8) is 0 Å². The van der Waals surface area contributed by atoms with Crippen LogP contribution in [0, 0.1) is 5.92 Å². The summed E-state index contributed by atoms with van der Waals surface area (Å²) in [5.74, 6) is -0.457. The van der Waals surface area contributed by atoms with Crippen molar-refractivity contribution in [2.75, 3.05) is 13.2 Å². The van der Waals surface area contributed by atoms with Crippen LogP contribution in [-0.2, 0) is 19.2 Å². The fourth-order valence-corrected chi connectivity index (χ4v) is 1.93. The lowest BCUT2D eigenvalue weighted by Crippen LogP contribution is -2.28. The van der Waals surface area contributed by atoms with E-state index in [2.05, 4.69) is 5.48 Å². The van der Waals surface area contributed by atoms with Gasteiger partial charge in [-0.05, 0) is 19.8 Å². The molecular weight excluding hydrogens is 222 g/mol. The molecule has 1 saturated carbocycles. The first-order valence-electron chi connectivity index (χ1n) is 6.33. The lowest BCUT2D eigenvalue weighted by Gasteiger charge is -2.19. The first kappa shape index (κ1) is 14.0. The first-order valence-corrected chi connectivity index (χ1v) is 6.33. The highest BCUT2D eigenvalue weighted by Crippen LogP contribution is 2.24. The van der Waals surface area contributed by atoms with Gasteiger partial charge in [0.05, 0.1) is 18.9 Å². The van der Waals surface area contributed by atoms with Crippen molar-refractivity contribution in [2.45, 2.75) is 45.4 Å². The van der Waals surface area contributed by atoms with Gasteiger partial charge in [-0.25, -0.2) is 0 Å². The number of hydroxylamine groups is 1. The molecule has 1 aliphatic carbocycles. The third-order valence-electron chi connectivity index (χ3n) is 2.85. The number of hydrogen-bond donors (Lipinski definition) is 1. The van der Waals surface area contributed by atoms with Crippen molar-refractivity contribution >= 4 is 11.9 Å². The van der Waals surface area contributed by atoms with Crippen molar-refractivity contribution in [3.05, 3.63) is 0 Å². The summed E-state index contributed by atoms with van der Waals surface area (Å²) < 4.78 is 4.75. The standard InChI is InChI=1S/C12H21NO4/c1-2-16-11(14)8-9-13-17-12(15)10-6-4-3-5-7-10/h10,13H,2-9H2,1H3. The maximum absolute atomic E-state index is 11.6. The molecule has 0 aliphatic heterocycles. The van der Waals surface area contributed by atoms with E-state index in [1.807, 2.05) is 0 Å². The highest BCUT2D eigenvalue weighted by molar-refractivity contribution is 5.72. The van der Waals surface area contributed by atoms with Gasteiger partial charge in [0.2, 0.25) is 0 Å². The molecular formula is C12H21NO4. The molecule has 17 heavy (non-hydrogen) atoms. The van der Waals surface area contributed by atoms with E-state index in [4.69, 9.17) is 9.57 Å². The van der Waals surface area contributed by atoms with Gasteiger partial charge in [0, 0.05) is 6.54 Å². The van der Waals surface area contributed by atoms with E-state index in [9.17, 15) is 9.59 Å². The van der Waals surface area contributed by atoms with Crippen LogP contribution in [0.25, 0.3) is 0 Å². The first-order chi connectivity index (χ1) is 8.24. The smallest absolute Gasteiger partial charge is 0.327 e. The number of hydrogen-bond acceptors (Lipinski definition) is 5. The van der Waals surface area contributed by atoms with E-state index in [0.717, 1.165) is 25.7 Å². The molecule has 0 amide bonds. The molecule has 1 fully saturated rings. The monoisotopic (exact) mass is 243 g/mol. The van der Waals surface area contributed by atoms with E-state index in [0.29, 0.717) is 13.2 Å². The summed E-state index contributed by atoms with van der Waals surface area (Å²) in [5.41, 5.74) is 2.52. The van der Waals surface area contributed by atoms with Crippen LogP contribution >= 0.6 is 0 Å². The second kappa shape index (κ2) is 8.06. The van der Waals surface area contributed by atoms with E-state index in [1.54, 1.807) is 6.92 Å². The van der Waals surface area contributed by atoms with E-state index < -0.39 is 0 Å². The Labute approximate surface area is 102 Å². The minimum absolute atomic E-state index is 0.0267. The van der Waals surface area contributed by atoms with Crippen molar-refractivity contribution in [2.24, 2.45) is 5.92 Å². The van der Waals surface area contributed by atoms with Gasteiger partial charge in [-0.2, -0.15) is 5.48 Å². The van der Waals surface area contributed by atoms with Gasteiger partial charge in [0.25, 0.3) is 0 Å². The van der Waals surface area contributed by atoms with E-state index >= 15 is 0 Å². The van der Waals surface area contributed by atoms with Gasteiger partial charge in [-0.3, -0.25) is 9.59 Å². The number of rotatable bonds is 6. The van der Waals surface area contributed by atoms with Crippen LogP contribution in [0.3, 0.4) is 0 Å². The van der Waals surface area contributed by atoms with E-state index in [1.165, 1.54) is 6.42 Å². The predicted molar refractivity (Wildman–Crippen MR) is 61.9 cm³/mol. The van der Waals surface area contributed by atoms with Crippen LogP contribution < -0.4 is 5.48 Å². The molecule has 0 heterocycles. The fourth-order valence-electron chi connectivity index (χ4n) is 1.93. The zero-order chi connectivity index (χ0) is 12.5. The highest BCUT2D eigenvalue weighted by Gasteiger charge is 2.22. The number of nitrogens with one attached hydrogen (secondary N) is 1. The Bertz CT molecular complexity index is 249. The average Bonchev–Trinajstić information content (AvgIpc) is 2.36. The SMILES string of the molecule is CCOC(=O)CCNOC(=O)C1CCCCC1. The summed E-state index contributed by atoms with van der Waals surface area (Å²) in [5, 5.41) is 0. The quantitative estimate of drug-likeness (QED) is 0.436. The van der Waals surface area contributed by atoms with Gasteiger partial charge >= 0.3 is 11.9 Å². The number of carbonyl (C=O) groups excluding carboxylic acids is 2. The summed E-state index contributed by atoms with van der Waals surface area (Å²) in [7, 11) is 0. The molecule has 0 saturated heterocycles. The molecule has 0 aromatic rings. The van der Waals surface area contributed by atoms with Crippen molar-refractivity contribution in [1.29, 1.82) is 0 Å². The molecule has 0 atom stereocenters. The predicted octanol–water partition coefficient (Wildman–Crippen LogP) is 1.57. The number of esters is 1. The lowest BCUT2D eigenvalue weighted by atomic mass is 9.89. The lowest BCUT2D eigenvalue weighted by molar-refractivity contribution is -0.158. The summed E-state index contributed by atoms with van der Waals surface area (Å²) in [6.45, 7) is 2.44. The molecule has 0 aromatic carbocycles. The highest BCUT2D eigenvalue weighted by atomic mass is 16.7. The molecule has 0 spiro atoms. The Kier molecular flexibility index (Phi) is 6.62. The van der Waals surface area contributed by atoms with Crippen LogP contribution in [0.2, 0.25) is 0 Å². The zero-order valence-electron chi connectivity index (χ0n) is 10.4. The Morgan fingerprint density at radius 3 is 2.59 bits per heavy atom. The molecule has 0 bridgehead atoms. The third kappa shape index (κ3) is 5.68. The second-order valence-electron chi connectivity index (χ2n) is 4.21. The molecule has 5 nitrogen and oxygen atoms in total. The summed E-state index contributed by atoms with van der Waals surface area (Å²) in [6.07, 6.45) is 5.45. The van der Waals surface area contributed by atoms with Crippen molar-refractivity contribution in [3.8, 4) is 0 Å². The summed E-state index contributed by atoms with van der Waals surface area (Å²) >= 11 is 0. The van der Waals surface area contributed by atoms with Gasteiger partial charge < -0.3 is 9.57 Å². The second-order valence-corrected chi connectivity index (χ2v) is 4.21. The van der Waals surface area contributed by atoms with Gasteiger partial charge in [0.1, 0.15) is 0 Å². The Morgan fingerprint density at radius 2 is 1.94 bits per heavy atom. The van der Waals surface area contributed by atoms with Gasteiger partial charge in [-0.1, -0.05) is 19.3 Å². The normalized spacial score (nSPS) is 16.5. The summed E-state index contributed by atoms with van der Waals surface area (Å²) in [6, 6.07) is 0. The van der Waals surface area contributed by atoms with Crippen LogP contribution in [0.15, 0.2) is 0 Å². The molecule has 0 radical (unpaired) electrons. The molecule has 1 aliphatic rings. The zero-order valence-corrected chi connectivity index (χ0v) is 10.4. The van der Waals surface area contributed by atoms with Gasteiger partial charge in [-0.15, -0.1) is 0 Å².